The number of hydrogen-bond donors (Lipinski definition) is 1. The summed E-state index contributed by atoms with van der Waals surface area (Å²) in [5.41, 5.74) is 1.11. The first-order chi connectivity index (χ1) is 9.83. The van der Waals surface area contributed by atoms with E-state index in [1.807, 2.05) is 12.1 Å². The van der Waals surface area contributed by atoms with E-state index in [2.05, 4.69) is 37.9 Å². The summed E-state index contributed by atoms with van der Waals surface area (Å²) in [6, 6.07) is 7.64. The maximum absolute atomic E-state index is 13.8. The molecule has 1 aromatic carbocycles. The number of hydrogen-bond acceptors (Lipinski definition) is 2. The summed E-state index contributed by atoms with van der Waals surface area (Å²) < 4.78 is 13.8. The molecule has 2 rings (SSSR count). The van der Waals surface area contributed by atoms with Gasteiger partial charge in [-0.15, -0.1) is 0 Å². The summed E-state index contributed by atoms with van der Waals surface area (Å²) in [6.45, 7) is 12.9. The third-order valence-electron chi connectivity index (χ3n) is 4.01. The van der Waals surface area contributed by atoms with Gasteiger partial charge in [0.1, 0.15) is 5.82 Å². The largest absolute Gasteiger partial charge is 0.312 e. The van der Waals surface area contributed by atoms with Crippen LogP contribution in [0.5, 0.6) is 0 Å². The van der Waals surface area contributed by atoms with Gasteiger partial charge in [-0.2, -0.15) is 0 Å². The molecule has 0 saturated carbocycles. The van der Waals surface area contributed by atoms with E-state index in [9.17, 15) is 4.39 Å². The van der Waals surface area contributed by atoms with Crippen molar-refractivity contribution in [2.24, 2.45) is 11.3 Å². The summed E-state index contributed by atoms with van der Waals surface area (Å²) >= 11 is 0. The lowest BCUT2D eigenvalue weighted by atomic mass is 9.92. The van der Waals surface area contributed by atoms with Crippen molar-refractivity contribution in [3.05, 3.63) is 35.6 Å². The quantitative estimate of drug-likeness (QED) is 0.911. The first-order valence-corrected chi connectivity index (χ1v) is 8.02. The van der Waals surface area contributed by atoms with Crippen LogP contribution in [0.2, 0.25) is 0 Å². The second-order valence-corrected chi connectivity index (χ2v) is 7.76. The summed E-state index contributed by atoms with van der Waals surface area (Å²) in [5.74, 6) is 0.568. The fourth-order valence-electron chi connectivity index (χ4n) is 3.06. The first kappa shape index (κ1) is 16.4. The number of nitrogens with zero attached hydrogens (tertiary/aromatic N) is 1. The normalized spacial score (nSPS) is 24.2. The van der Waals surface area contributed by atoms with Crippen molar-refractivity contribution < 1.29 is 4.39 Å². The van der Waals surface area contributed by atoms with Gasteiger partial charge in [0, 0.05) is 37.8 Å². The number of piperidine rings is 1. The Labute approximate surface area is 128 Å². The van der Waals surface area contributed by atoms with Gasteiger partial charge < -0.3 is 5.32 Å². The van der Waals surface area contributed by atoms with Gasteiger partial charge in [-0.1, -0.05) is 45.9 Å². The zero-order valence-corrected chi connectivity index (χ0v) is 13.8. The Balaban J connectivity index is 1.93. The van der Waals surface area contributed by atoms with Crippen LogP contribution in [0.25, 0.3) is 0 Å². The summed E-state index contributed by atoms with van der Waals surface area (Å²) in [7, 11) is 0. The molecule has 0 radical (unpaired) electrons. The highest BCUT2D eigenvalue weighted by atomic mass is 19.1. The van der Waals surface area contributed by atoms with Crippen molar-refractivity contribution in [1.82, 2.24) is 10.2 Å². The molecule has 1 aliphatic rings. The van der Waals surface area contributed by atoms with Gasteiger partial charge in [-0.3, -0.25) is 4.90 Å². The summed E-state index contributed by atoms with van der Waals surface area (Å²) in [5, 5.41) is 3.69. The predicted octanol–water partition coefficient (Wildman–Crippen LogP) is 3.67. The van der Waals surface area contributed by atoms with Crippen LogP contribution < -0.4 is 5.32 Å². The van der Waals surface area contributed by atoms with Gasteiger partial charge in [0.25, 0.3) is 0 Å². The molecule has 0 aromatic heterocycles. The average molecular weight is 292 g/mol. The highest BCUT2D eigenvalue weighted by molar-refractivity contribution is 5.17. The van der Waals surface area contributed by atoms with Crippen molar-refractivity contribution in [2.45, 2.75) is 46.7 Å². The minimum absolute atomic E-state index is 0.0880. The highest BCUT2D eigenvalue weighted by Gasteiger charge is 2.26. The van der Waals surface area contributed by atoms with Crippen molar-refractivity contribution in [1.29, 1.82) is 0 Å². The Morgan fingerprint density at radius 2 is 1.95 bits per heavy atom. The molecular weight excluding hydrogens is 263 g/mol. The smallest absolute Gasteiger partial charge is 0.127 e. The van der Waals surface area contributed by atoms with E-state index in [1.54, 1.807) is 12.1 Å². The van der Waals surface area contributed by atoms with Crippen molar-refractivity contribution >= 4 is 0 Å². The average Bonchev–Trinajstić information content (AvgIpc) is 2.38. The van der Waals surface area contributed by atoms with E-state index in [0.717, 1.165) is 25.2 Å². The molecule has 21 heavy (non-hydrogen) atoms. The van der Waals surface area contributed by atoms with E-state index < -0.39 is 0 Å². The van der Waals surface area contributed by atoms with Gasteiger partial charge in [0.05, 0.1) is 0 Å². The van der Waals surface area contributed by atoms with Crippen LogP contribution in [0.15, 0.2) is 24.3 Å². The van der Waals surface area contributed by atoms with E-state index in [0.29, 0.717) is 23.9 Å². The Morgan fingerprint density at radius 3 is 2.62 bits per heavy atom. The van der Waals surface area contributed by atoms with Crippen LogP contribution in [0.4, 0.5) is 4.39 Å². The van der Waals surface area contributed by atoms with E-state index in [4.69, 9.17) is 0 Å². The molecule has 2 unspecified atom stereocenters. The number of nitrogens with one attached hydrogen (secondary N) is 1. The molecule has 118 valence electrons. The maximum Gasteiger partial charge on any atom is 0.127 e. The number of rotatable bonds is 4. The molecule has 1 saturated heterocycles. The monoisotopic (exact) mass is 292 g/mol. The van der Waals surface area contributed by atoms with Crippen LogP contribution >= 0.6 is 0 Å². The van der Waals surface area contributed by atoms with Crippen LogP contribution in [0, 0.1) is 17.2 Å². The molecular formula is C18H29FN2. The molecule has 1 aliphatic heterocycles. The standard InChI is InChI=1S/C18H29FN2/c1-14-9-16(20-13-18(2,3)4)12-21(10-14)11-15-7-5-6-8-17(15)19/h5-8,14,16,20H,9-13H2,1-4H3. The van der Waals surface area contributed by atoms with Gasteiger partial charge in [-0.05, 0) is 23.8 Å². The zero-order chi connectivity index (χ0) is 15.5. The van der Waals surface area contributed by atoms with Crippen molar-refractivity contribution in [2.75, 3.05) is 19.6 Å². The maximum atomic E-state index is 13.8. The molecule has 0 aliphatic carbocycles. The van der Waals surface area contributed by atoms with Crippen LogP contribution in [-0.2, 0) is 6.54 Å². The predicted molar refractivity (Wildman–Crippen MR) is 86.7 cm³/mol. The molecule has 1 aromatic rings. The molecule has 0 amide bonds. The van der Waals surface area contributed by atoms with Crippen LogP contribution in [-0.4, -0.2) is 30.6 Å². The van der Waals surface area contributed by atoms with Gasteiger partial charge in [0.15, 0.2) is 0 Å². The summed E-state index contributed by atoms with van der Waals surface area (Å²) in [6.07, 6.45) is 1.21. The fraction of sp³-hybridized carbons (Fsp3) is 0.667. The third-order valence-corrected chi connectivity index (χ3v) is 4.01. The number of benzene rings is 1. The second-order valence-electron chi connectivity index (χ2n) is 7.76. The SMILES string of the molecule is CC1CC(NCC(C)(C)C)CN(Cc2ccccc2F)C1. The lowest BCUT2D eigenvalue weighted by Crippen LogP contribution is -2.49. The Kier molecular flexibility index (Phi) is 5.39. The van der Waals surface area contributed by atoms with Crippen molar-refractivity contribution in [3.63, 3.8) is 0 Å². The van der Waals surface area contributed by atoms with Gasteiger partial charge >= 0.3 is 0 Å². The van der Waals surface area contributed by atoms with Gasteiger partial charge in [0.2, 0.25) is 0 Å². The molecule has 1 fully saturated rings. The minimum Gasteiger partial charge on any atom is -0.312 e. The van der Waals surface area contributed by atoms with E-state index in [1.165, 1.54) is 6.42 Å². The molecule has 0 bridgehead atoms. The molecule has 2 nitrogen and oxygen atoms in total. The number of halogens is 1. The molecule has 3 heteroatoms. The van der Waals surface area contributed by atoms with Gasteiger partial charge in [-0.25, -0.2) is 4.39 Å². The molecule has 2 atom stereocenters. The molecule has 1 heterocycles. The topological polar surface area (TPSA) is 15.3 Å². The first-order valence-electron chi connectivity index (χ1n) is 8.02. The van der Waals surface area contributed by atoms with E-state index >= 15 is 0 Å². The Morgan fingerprint density at radius 1 is 1.24 bits per heavy atom. The second kappa shape index (κ2) is 6.89. The fourth-order valence-corrected chi connectivity index (χ4v) is 3.06. The summed E-state index contributed by atoms with van der Waals surface area (Å²) in [4.78, 5) is 2.38. The highest BCUT2D eigenvalue weighted by Crippen LogP contribution is 2.21. The molecule has 1 N–H and O–H groups in total. The lowest BCUT2D eigenvalue weighted by molar-refractivity contribution is 0.135. The Bertz CT molecular complexity index is 453. The van der Waals surface area contributed by atoms with Crippen LogP contribution in [0.3, 0.4) is 0 Å². The third kappa shape index (κ3) is 5.40. The Hall–Kier alpha value is -0.930. The van der Waals surface area contributed by atoms with E-state index in [-0.39, 0.29) is 5.82 Å². The zero-order valence-electron chi connectivity index (χ0n) is 13.8. The molecule has 0 spiro atoms. The van der Waals surface area contributed by atoms with Crippen molar-refractivity contribution in [3.8, 4) is 0 Å². The number of likely N-dealkylation sites (tertiary alicyclic amines) is 1. The lowest BCUT2D eigenvalue weighted by Gasteiger charge is -2.38. The van der Waals surface area contributed by atoms with Crippen LogP contribution in [0.1, 0.15) is 39.7 Å². The minimum atomic E-state index is -0.0880.